The number of aliphatic hydroxyl groups excluding tert-OH is 1. The SMILES string of the molecule is CCC(O)CCCCCCCCCCCCCC(N)=O. The number of carbonyl (C=O) groups excluding carboxylic acids is 1. The number of aliphatic hydroxyl groups is 1. The predicted octanol–water partition coefficient (Wildman–Crippen LogP) is 4.31. The zero-order valence-corrected chi connectivity index (χ0v) is 13.4. The van der Waals surface area contributed by atoms with Gasteiger partial charge in [0.25, 0.3) is 0 Å². The smallest absolute Gasteiger partial charge is 0.217 e. The molecule has 0 saturated carbocycles. The fourth-order valence-electron chi connectivity index (χ4n) is 2.47. The van der Waals surface area contributed by atoms with Crippen LogP contribution in [0.15, 0.2) is 0 Å². The Balaban J connectivity index is 3.01. The van der Waals surface area contributed by atoms with Crippen molar-refractivity contribution in [1.29, 1.82) is 0 Å². The maximum Gasteiger partial charge on any atom is 0.217 e. The molecule has 20 heavy (non-hydrogen) atoms. The zero-order valence-electron chi connectivity index (χ0n) is 13.4. The highest BCUT2D eigenvalue weighted by Gasteiger charge is 1.99. The van der Waals surface area contributed by atoms with E-state index in [1.165, 1.54) is 57.8 Å². The van der Waals surface area contributed by atoms with Crippen LogP contribution in [0.5, 0.6) is 0 Å². The molecule has 0 bridgehead atoms. The Kier molecular flexibility index (Phi) is 14.4. The van der Waals surface area contributed by atoms with Crippen molar-refractivity contribution in [3.8, 4) is 0 Å². The van der Waals surface area contributed by atoms with Gasteiger partial charge in [-0.1, -0.05) is 71.1 Å². The molecular formula is C17H35NO2. The van der Waals surface area contributed by atoms with Gasteiger partial charge in [-0.3, -0.25) is 4.79 Å². The fraction of sp³-hybridized carbons (Fsp3) is 0.941. The van der Waals surface area contributed by atoms with Crippen LogP contribution in [0.4, 0.5) is 0 Å². The zero-order chi connectivity index (χ0) is 15.1. The summed E-state index contributed by atoms with van der Waals surface area (Å²) in [6, 6.07) is 0. The van der Waals surface area contributed by atoms with E-state index in [9.17, 15) is 9.90 Å². The first-order valence-electron chi connectivity index (χ1n) is 8.63. The van der Waals surface area contributed by atoms with Crippen molar-refractivity contribution in [2.45, 2.75) is 103 Å². The molecule has 0 aliphatic heterocycles. The van der Waals surface area contributed by atoms with E-state index in [2.05, 4.69) is 0 Å². The molecule has 0 spiro atoms. The van der Waals surface area contributed by atoms with Crippen LogP contribution in [0.25, 0.3) is 0 Å². The number of hydrogen-bond donors (Lipinski definition) is 2. The molecule has 3 nitrogen and oxygen atoms in total. The highest BCUT2D eigenvalue weighted by atomic mass is 16.3. The molecule has 120 valence electrons. The number of primary amides is 1. The third-order valence-corrected chi connectivity index (χ3v) is 3.93. The van der Waals surface area contributed by atoms with Crippen LogP contribution < -0.4 is 5.73 Å². The van der Waals surface area contributed by atoms with Crippen LogP contribution >= 0.6 is 0 Å². The largest absolute Gasteiger partial charge is 0.393 e. The summed E-state index contributed by atoms with van der Waals surface area (Å²) in [7, 11) is 0. The van der Waals surface area contributed by atoms with Gasteiger partial charge in [-0.05, 0) is 19.3 Å². The Morgan fingerprint density at radius 1 is 0.850 bits per heavy atom. The minimum absolute atomic E-state index is 0.0791. The minimum Gasteiger partial charge on any atom is -0.393 e. The normalized spacial score (nSPS) is 12.5. The second-order valence-electron chi connectivity index (χ2n) is 5.96. The van der Waals surface area contributed by atoms with Crippen LogP contribution in [0.3, 0.4) is 0 Å². The van der Waals surface area contributed by atoms with Crippen LogP contribution in [0.2, 0.25) is 0 Å². The molecule has 0 aliphatic carbocycles. The monoisotopic (exact) mass is 285 g/mol. The molecule has 3 heteroatoms. The maximum atomic E-state index is 10.5. The fourth-order valence-corrected chi connectivity index (χ4v) is 2.47. The maximum absolute atomic E-state index is 10.5. The summed E-state index contributed by atoms with van der Waals surface area (Å²) < 4.78 is 0. The van der Waals surface area contributed by atoms with E-state index < -0.39 is 0 Å². The lowest BCUT2D eigenvalue weighted by Gasteiger charge is -2.06. The van der Waals surface area contributed by atoms with Gasteiger partial charge in [0.2, 0.25) is 5.91 Å². The van der Waals surface area contributed by atoms with E-state index in [-0.39, 0.29) is 12.0 Å². The van der Waals surface area contributed by atoms with Gasteiger partial charge >= 0.3 is 0 Å². The van der Waals surface area contributed by atoms with E-state index in [4.69, 9.17) is 5.73 Å². The Morgan fingerprint density at radius 2 is 1.25 bits per heavy atom. The van der Waals surface area contributed by atoms with Gasteiger partial charge in [0.15, 0.2) is 0 Å². The molecule has 0 saturated heterocycles. The minimum atomic E-state index is -0.170. The molecular weight excluding hydrogens is 250 g/mol. The van der Waals surface area contributed by atoms with Gasteiger partial charge < -0.3 is 10.8 Å². The van der Waals surface area contributed by atoms with E-state index in [0.29, 0.717) is 6.42 Å². The summed E-state index contributed by atoms with van der Waals surface area (Å²) >= 11 is 0. The molecule has 0 radical (unpaired) electrons. The standard InChI is InChI=1S/C17H35NO2/c1-2-16(19)14-12-10-8-6-4-3-5-7-9-11-13-15-17(18)20/h16,19H,2-15H2,1H3,(H2,18,20). The summed E-state index contributed by atoms with van der Waals surface area (Å²) in [6.07, 6.45) is 16.1. The number of nitrogens with two attached hydrogens (primary N) is 1. The van der Waals surface area contributed by atoms with Gasteiger partial charge in [-0.2, -0.15) is 0 Å². The topological polar surface area (TPSA) is 63.3 Å². The van der Waals surface area contributed by atoms with Crippen molar-refractivity contribution in [1.82, 2.24) is 0 Å². The van der Waals surface area contributed by atoms with Gasteiger partial charge in [-0.25, -0.2) is 0 Å². The van der Waals surface area contributed by atoms with Crippen LogP contribution in [-0.4, -0.2) is 17.1 Å². The molecule has 3 N–H and O–H groups in total. The predicted molar refractivity (Wildman–Crippen MR) is 85.5 cm³/mol. The van der Waals surface area contributed by atoms with E-state index in [1.807, 2.05) is 6.92 Å². The third kappa shape index (κ3) is 15.5. The van der Waals surface area contributed by atoms with Gasteiger partial charge in [-0.15, -0.1) is 0 Å². The molecule has 0 rings (SSSR count). The molecule has 0 aromatic rings. The van der Waals surface area contributed by atoms with E-state index in [1.54, 1.807) is 0 Å². The summed E-state index contributed by atoms with van der Waals surface area (Å²) in [4.78, 5) is 10.5. The number of hydrogen-bond acceptors (Lipinski definition) is 2. The number of unbranched alkanes of at least 4 members (excludes halogenated alkanes) is 10. The highest BCUT2D eigenvalue weighted by molar-refractivity contribution is 5.73. The summed E-state index contributed by atoms with van der Waals surface area (Å²) in [5, 5.41) is 9.42. The molecule has 0 fully saturated rings. The molecule has 0 aromatic carbocycles. The lowest BCUT2D eigenvalue weighted by Crippen LogP contribution is -2.09. The molecule has 1 atom stereocenters. The Labute approximate surface area is 125 Å². The van der Waals surface area contributed by atoms with E-state index >= 15 is 0 Å². The van der Waals surface area contributed by atoms with Crippen LogP contribution in [0, 0.1) is 0 Å². The lowest BCUT2D eigenvalue weighted by molar-refractivity contribution is -0.118. The quantitative estimate of drug-likeness (QED) is 0.440. The van der Waals surface area contributed by atoms with Crippen molar-refractivity contribution < 1.29 is 9.90 Å². The van der Waals surface area contributed by atoms with Crippen molar-refractivity contribution in [2.24, 2.45) is 5.73 Å². The number of rotatable bonds is 15. The lowest BCUT2D eigenvalue weighted by atomic mass is 10.0. The van der Waals surface area contributed by atoms with Crippen molar-refractivity contribution in [2.75, 3.05) is 0 Å². The first kappa shape index (κ1) is 19.4. The Bertz CT molecular complexity index is 219. The average Bonchev–Trinajstić information content (AvgIpc) is 2.43. The summed E-state index contributed by atoms with van der Waals surface area (Å²) in [5.74, 6) is -0.170. The average molecular weight is 285 g/mol. The van der Waals surface area contributed by atoms with Crippen LogP contribution in [-0.2, 0) is 4.79 Å². The van der Waals surface area contributed by atoms with Crippen molar-refractivity contribution >= 4 is 5.91 Å². The second kappa shape index (κ2) is 14.8. The van der Waals surface area contributed by atoms with Gasteiger partial charge in [0, 0.05) is 6.42 Å². The second-order valence-corrected chi connectivity index (χ2v) is 5.96. The molecule has 0 heterocycles. The third-order valence-electron chi connectivity index (χ3n) is 3.93. The van der Waals surface area contributed by atoms with Crippen molar-refractivity contribution in [3.63, 3.8) is 0 Å². The van der Waals surface area contributed by atoms with Gasteiger partial charge in [0.05, 0.1) is 6.10 Å². The van der Waals surface area contributed by atoms with Crippen LogP contribution in [0.1, 0.15) is 96.8 Å². The summed E-state index contributed by atoms with van der Waals surface area (Å²) in [6.45, 7) is 2.04. The summed E-state index contributed by atoms with van der Waals surface area (Å²) in [5.41, 5.74) is 5.09. The highest BCUT2D eigenvalue weighted by Crippen LogP contribution is 2.13. The Hall–Kier alpha value is -0.570. The van der Waals surface area contributed by atoms with Crippen molar-refractivity contribution in [3.05, 3.63) is 0 Å². The Morgan fingerprint density at radius 3 is 1.65 bits per heavy atom. The number of amides is 1. The first-order chi connectivity index (χ1) is 9.66. The molecule has 0 aromatic heterocycles. The van der Waals surface area contributed by atoms with Gasteiger partial charge in [0.1, 0.15) is 0 Å². The van der Waals surface area contributed by atoms with E-state index in [0.717, 1.165) is 25.7 Å². The molecule has 0 aliphatic rings. The first-order valence-corrected chi connectivity index (χ1v) is 8.63. The molecule has 1 unspecified atom stereocenters. The molecule has 1 amide bonds. The number of carbonyl (C=O) groups is 1.